The predicted octanol–water partition coefficient (Wildman–Crippen LogP) is 0.475. The Kier molecular flexibility index (Phi) is 4.38. The number of hydrogen-bond acceptors (Lipinski definition) is 4. The third-order valence-corrected chi connectivity index (χ3v) is 4.02. The van der Waals surface area contributed by atoms with Crippen molar-refractivity contribution in [2.75, 3.05) is 7.11 Å². The zero-order valence-corrected chi connectivity index (χ0v) is 14.6. The van der Waals surface area contributed by atoms with Gasteiger partial charge in [-0.3, -0.25) is 9.36 Å². The van der Waals surface area contributed by atoms with Gasteiger partial charge in [0, 0.05) is 19.7 Å². The number of aryl methyl sites for hydroxylation is 2. The van der Waals surface area contributed by atoms with Crippen LogP contribution in [0, 0.1) is 24.2 Å². The van der Waals surface area contributed by atoms with Crippen molar-refractivity contribution >= 4 is 11.2 Å². The number of rotatable bonds is 2. The van der Waals surface area contributed by atoms with Gasteiger partial charge in [-0.15, -0.1) is 6.42 Å². The minimum atomic E-state index is -0.506. The molecule has 0 radical (unpaired) electrons. The molecule has 0 aliphatic heterocycles. The molecule has 1 aromatic carbocycles. The Hall–Kier alpha value is -3.71. The Labute approximate surface area is 149 Å². The number of methoxy groups -OCH3 is 1. The lowest BCUT2D eigenvalue weighted by Crippen LogP contribution is -2.39. The summed E-state index contributed by atoms with van der Waals surface area (Å²) in [6.45, 7) is -0.0977. The lowest BCUT2D eigenvalue weighted by atomic mass is 10.2. The van der Waals surface area contributed by atoms with Crippen LogP contribution in [0.1, 0.15) is 11.4 Å². The first-order chi connectivity index (χ1) is 12.5. The van der Waals surface area contributed by atoms with Crippen LogP contribution in [0.5, 0.6) is 5.75 Å². The van der Waals surface area contributed by atoms with Crippen molar-refractivity contribution in [3.63, 3.8) is 0 Å². The van der Waals surface area contributed by atoms with Crippen molar-refractivity contribution < 1.29 is 4.74 Å². The maximum atomic E-state index is 12.6. The fourth-order valence-electron chi connectivity index (χ4n) is 2.59. The van der Waals surface area contributed by atoms with Crippen molar-refractivity contribution in [1.29, 1.82) is 0 Å². The molecule has 26 heavy (non-hydrogen) atoms. The summed E-state index contributed by atoms with van der Waals surface area (Å²) in [5, 5.41) is 0. The Morgan fingerprint density at radius 3 is 2.42 bits per heavy atom. The van der Waals surface area contributed by atoms with E-state index >= 15 is 0 Å². The van der Waals surface area contributed by atoms with Crippen LogP contribution in [-0.4, -0.2) is 25.8 Å². The van der Waals surface area contributed by atoms with E-state index in [1.165, 1.54) is 4.57 Å². The monoisotopic (exact) mass is 348 g/mol. The number of fused-ring (bicyclic) bond motifs is 1. The molecular formula is C19H16N4O3. The van der Waals surface area contributed by atoms with Crippen molar-refractivity contribution in [3.05, 3.63) is 56.5 Å². The van der Waals surface area contributed by atoms with Gasteiger partial charge in [-0.25, -0.2) is 14.3 Å². The SMILES string of the molecule is C#CCn1c(=O)c2c(nc(C#Cc3ccc(OC)cc3)n2C)n(C)c1=O. The Morgan fingerprint density at radius 1 is 1.12 bits per heavy atom. The summed E-state index contributed by atoms with van der Waals surface area (Å²) < 4.78 is 8.98. The number of benzene rings is 1. The van der Waals surface area contributed by atoms with E-state index in [4.69, 9.17) is 11.2 Å². The van der Waals surface area contributed by atoms with Gasteiger partial charge >= 0.3 is 5.69 Å². The van der Waals surface area contributed by atoms with Crippen LogP contribution in [0.4, 0.5) is 0 Å². The predicted molar refractivity (Wildman–Crippen MR) is 98.0 cm³/mol. The van der Waals surface area contributed by atoms with E-state index in [0.29, 0.717) is 5.82 Å². The number of terminal acetylenes is 1. The summed E-state index contributed by atoms with van der Waals surface area (Å²) in [4.78, 5) is 29.2. The van der Waals surface area contributed by atoms with Gasteiger partial charge in [-0.05, 0) is 30.2 Å². The minimum Gasteiger partial charge on any atom is -0.497 e. The summed E-state index contributed by atoms with van der Waals surface area (Å²) >= 11 is 0. The van der Waals surface area contributed by atoms with Crippen LogP contribution >= 0.6 is 0 Å². The standard InChI is InChI=1S/C19H16N4O3/c1-5-12-23-18(24)16-17(22(3)19(23)25)20-15(21(16)2)11-8-13-6-9-14(26-4)10-7-13/h1,6-7,9-10H,12H2,2-4H3. The smallest absolute Gasteiger partial charge is 0.333 e. The highest BCUT2D eigenvalue weighted by molar-refractivity contribution is 5.72. The average molecular weight is 348 g/mol. The molecule has 3 aromatic rings. The highest BCUT2D eigenvalue weighted by Crippen LogP contribution is 2.11. The minimum absolute atomic E-state index is 0.0977. The Balaban J connectivity index is 2.16. The van der Waals surface area contributed by atoms with Gasteiger partial charge in [0.2, 0.25) is 0 Å². The molecule has 3 rings (SSSR count). The number of ether oxygens (including phenoxy) is 1. The molecule has 0 saturated heterocycles. The first-order valence-corrected chi connectivity index (χ1v) is 7.73. The molecule has 0 bridgehead atoms. The van der Waals surface area contributed by atoms with E-state index in [2.05, 4.69) is 22.7 Å². The summed E-state index contributed by atoms with van der Waals surface area (Å²) in [7, 11) is 4.82. The number of nitrogens with zero attached hydrogens (tertiary/aromatic N) is 4. The molecule has 0 fully saturated rings. The lowest BCUT2D eigenvalue weighted by Gasteiger charge is -2.05. The highest BCUT2D eigenvalue weighted by Gasteiger charge is 2.17. The Morgan fingerprint density at radius 2 is 1.81 bits per heavy atom. The third-order valence-electron chi connectivity index (χ3n) is 4.02. The molecular weight excluding hydrogens is 332 g/mol. The molecule has 0 saturated carbocycles. The van der Waals surface area contributed by atoms with Crippen LogP contribution in [0.25, 0.3) is 11.2 Å². The maximum absolute atomic E-state index is 12.6. The molecule has 7 heteroatoms. The van der Waals surface area contributed by atoms with Crippen LogP contribution in [0.3, 0.4) is 0 Å². The lowest BCUT2D eigenvalue weighted by molar-refractivity contribution is 0.415. The topological polar surface area (TPSA) is 71.1 Å². The van der Waals surface area contributed by atoms with E-state index in [0.717, 1.165) is 15.9 Å². The van der Waals surface area contributed by atoms with Gasteiger partial charge in [-0.1, -0.05) is 11.8 Å². The first-order valence-electron chi connectivity index (χ1n) is 7.73. The molecule has 2 heterocycles. The van der Waals surface area contributed by atoms with Crippen molar-refractivity contribution in [2.45, 2.75) is 6.54 Å². The third kappa shape index (κ3) is 2.76. The Bertz CT molecular complexity index is 1210. The number of hydrogen-bond donors (Lipinski definition) is 0. The normalized spacial score (nSPS) is 10.2. The summed E-state index contributed by atoms with van der Waals surface area (Å²) in [6, 6.07) is 7.26. The van der Waals surface area contributed by atoms with Gasteiger partial charge in [0.15, 0.2) is 17.0 Å². The average Bonchev–Trinajstić information content (AvgIpc) is 2.99. The van der Waals surface area contributed by atoms with Gasteiger partial charge in [0.05, 0.1) is 13.7 Å². The summed E-state index contributed by atoms with van der Waals surface area (Å²) in [5.74, 6) is 9.36. The second-order valence-corrected chi connectivity index (χ2v) is 5.58. The fraction of sp³-hybridized carbons (Fsp3) is 0.211. The fourth-order valence-corrected chi connectivity index (χ4v) is 2.59. The second-order valence-electron chi connectivity index (χ2n) is 5.58. The first kappa shape index (κ1) is 17.1. The molecule has 0 spiro atoms. The largest absolute Gasteiger partial charge is 0.497 e. The molecule has 0 aliphatic rings. The molecule has 0 N–H and O–H groups in total. The van der Waals surface area contributed by atoms with Crippen LogP contribution in [0.2, 0.25) is 0 Å². The summed E-state index contributed by atoms with van der Waals surface area (Å²) in [6.07, 6.45) is 5.26. The van der Waals surface area contributed by atoms with Crippen LogP contribution < -0.4 is 16.0 Å². The van der Waals surface area contributed by atoms with Crippen LogP contribution in [-0.2, 0) is 20.6 Å². The van der Waals surface area contributed by atoms with Gasteiger partial charge < -0.3 is 9.30 Å². The van der Waals surface area contributed by atoms with E-state index in [1.54, 1.807) is 37.9 Å². The van der Waals surface area contributed by atoms with Gasteiger partial charge in [0.25, 0.3) is 5.56 Å². The number of aromatic nitrogens is 4. The van der Waals surface area contributed by atoms with E-state index < -0.39 is 11.2 Å². The molecule has 0 atom stereocenters. The molecule has 130 valence electrons. The van der Waals surface area contributed by atoms with E-state index in [9.17, 15) is 9.59 Å². The van der Waals surface area contributed by atoms with Gasteiger partial charge in [0.1, 0.15) is 5.75 Å². The molecule has 0 unspecified atom stereocenters. The summed E-state index contributed by atoms with van der Waals surface area (Å²) in [5.41, 5.74) is 0.342. The molecule has 7 nitrogen and oxygen atoms in total. The van der Waals surface area contributed by atoms with Crippen LogP contribution in [0.15, 0.2) is 33.9 Å². The van der Waals surface area contributed by atoms with Crippen molar-refractivity contribution in [3.8, 4) is 29.9 Å². The molecule has 0 amide bonds. The molecule has 2 aromatic heterocycles. The quantitative estimate of drug-likeness (QED) is 0.632. The van der Waals surface area contributed by atoms with Gasteiger partial charge in [-0.2, -0.15) is 0 Å². The zero-order valence-electron chi connectivity index (χ0n) is 14.6. The molecule has 0 aliphatic carbocycles. The van der Waals surface area contributed by atoms with Crippen molar-refractivity contribution in [2.24, 2.45) is 14.1 Å². The van der Waals surface area contributed by atoms with E-state index in [1.807, 2.05) is 12.1 Å². The number of imidazole rings is 1. The maximum Gasteiger partial charge on any atom is 0.333 e. The van der Waals surface area contributed by atoms with Crippen molar-refractivity contribution in [1.82, 2.24) is 18.7 Å². The highest BCUT2D eigenvalue weighted by atomic mass is 16.5. The zero-order chi connectivity index (χ0) is 18.8. The van der Waals surface area contributed by atoms with E-state index in [-0.39, 0.29) is 17.7 Å². The second kappa shape index (κ2) is 6.66.